The largest absolute Gasteiger partial charge is 0.387 e. The molecule has 574 valence electrons. The molecule has 0 aliphatic carbocycles. The maximum atomic E-state index is 12.1. The summed E-state index contributed by atoms with van der Waals surface area (Å²) in [5.74, 6) is 0. The number of aliphatic hydroxyl groups is 14. The minimum Gasteiger partial charge on any atom is -0.387 e. The first-order chi connectivity index (χ1) is 47.2. The lowest BCUT2D eigenvalue weighted by molar-refractivity contribution is -0.392. The van der Waals surface area contributed by atoms with Crippen molar-refractivity contribution in [2.45, 2.75) is 215 Å². The van der Waals surface area contributed by atoms with Crippen LogP contribution in [-0.2, 0) is 66.3 Å². The molecule has 42 heteroatoms. The lowest BCUT2D eigenvalue weighted by Gasteiger charge is -2.50. The molecule has 0 aromatic rings. The summed E-state index contributed by atoms with van der Waals surface area (Å²) in [7, 11) is 0. The molecule has 0 saturated carbocycles. The molecule has 0 amide bonds. The Kier molecular flexibility index (Phi) is 33.6. The van der Waals surface area contributed by atoms with Crippen LogP contribution in [-0.4, -0.2) is 424 Å². The van der Waals surface area contributed by atoms with E-state index in [2.05, 4.69) is 37.2 Å². The van der Waals surface area contributed by atoms with E-state index in [4.69, 9.17) is 106 Å². The first-order valence-electron chi connectivity index (χ1n) is 33.7. The molecule has 98 heavy (non-hydrogen) atoms. The van der Waals surface area contributed by atoms with Crippen LogP contribution >= 0.6 is 0 Å². The van der Waals surface area contributed by atoms with Gasteiger partial charge in [-0.05, 0) is 0 Å². The molecule has 21 rings (SSSR count). The molecule has 21 aliphatic rings. The molecule has 21 aliphatic heterocycles. The highest BCUT2D eigenvalue weighted by Gasteiger charge is 2.60. The van der Waals surface area contributed by atoms with E-state index < -0.39 is 215 Å². The van der Waals surface area contributed by atoms with Crippen LogP contribution in [0.2, 0.25) is 0 Å². The maximum Gasteiger partial charge on any atom is 0.187 e. The number of hydrogen-bond acceptors (Lipinski definition) is 42. The van der Waals surface area contributed by atoms with Crippen molar-refractivity contribution in [2.24, 2.45) is 40.1 Å². The van der Waals surface area contributed by atoms with E-state index in [0.29, 0.717) is 0 Å². The van der Waals surface area contributed by atoms with E-state index >= 15 is 0 Å². The third-order valence-electron chi connectivity index (χ3n) is 18.2. The summed E-state index contributed by atoms with van der Waals surface area (Å²) in [6.45, 7) is 0.738. The Balaban J connectivity index is 1.17. The van der Waals surface area contributed by atoms with E-state index in [1.807, 2.05) is 0 Å². The van der Waals surface area contributed by atoms with E-state index in [1.54, 1.807) is 0 Å². The predicted octanol–water partition coefficient (Wildman–Crippen LogP) is -18.3. The van der Waals surface area contributed by atoms with Crippen LogP contribution in [0.1, 0.15) is 0 Å². The normalized spacial score (nSPS) is 46.1. The number of nitrogens with one attached hydrogen (secondary N) is 7. The van der Waals surface area contributed by atoms with Crippen LogP contribution in [0.15, 0.2) is 0 Å². The standard InChI is InChI=1S/C56H112N14O28/c57-1-8-64-15-22-43-29(71)36(78)50(85-22)93-44-23(16-65-9-2-58)87-52(38(80)31(44)73)95-46-25(18-67-11-4-60)89-54(40(82)33(46)75)97-48-27(20-69-13-6-62)91-56(42(84)35(48)77)98-49-28(21-70-14-7-63)90-55(41(83)34(49)76)96-47-26(19-68-12-5-61)88-53(39(81)32(47)74)94-45-24(17-66-10-3-59)86-51(92-43)37(79)30(45)72/h22-56,64-84H,1-21,57-63H2/t22-,23-,24-,25-,26+,27+,28+,29-,30-,31+,32-,33-,34-,35-,36+,37+,38+,39-,40-,41-,42-,43-,44-,45-,46-,47-,48-,49-,50-,51-,52-,53-,54-,55-,56-/m1/s1. The van der Waals surface area contributed by atoms with Crippen LogP contribution in [0.4, 0.5) is 0 Å². The minimum absolute atomic E-state index is 0.118. The van der Waals surface area contributed by atoms with Gasteiger partial charge in [0.05, 0.1) is 0 Å². The SMILES string of the molecule is NCCNC[C@@H]1O[C@@H]2O[C@H]3[C@H](O)[C@@H](O)[C@@H](O[C@H]4[C@H](O)[C@H](O)[C@@H](O[C@H]5[C@H](O)[C@H](O)[C@@H](O[C@H]6[C@@H](O)[C@H](O)[C@@H](O[C@H]7[C@H](O)[C@@H](O)[C@@H](O[C@H]8[C@H](O)[C@@H](O)[C@@H](O[C@H]1[C@H](O)[C@H]2O)O[C@H]8CNCCN)O[C@@H]7CNCCN)O[C@@H]6CNCCN)O[C@@H]5CNCCN)O[C@@H]4CNCCN)O[C@H]3CNCCN. The van der Waals surface area contributed by atoms with Gasteiger partial charge in [-0.2, -0.15) is 0 Å². The van der Waals surface area contributed by atoms with Crippen LogP contribution in [0, 0.1) is 0 Å². The molecule has 35 N–H and O–H groups in total. The highest BCUT2D eigenvalue weighted by Crippen LogP contribution is 2.39. The van der Waals surface area contributed by atoms with Gasteiger partial charge in [-0.1, -0.05) is 0 Å². The molecule has 21 saturated heterocycles. The Morgan fingerprint density at radius 3 is 0.388 bits per heavy atom. The fourth-order valence-electron chi connectivity index (χ4n) is 13.0. The van der Waals surface area contributed by atoms with Gasteiger partial charge in [0.25, 0.3) is 0 Å². The van der Waals surface area contributed by atoms with Gasteiger partial charge in [-0.25, -0.2) is 0 Å². The predicted molar refractivity (Wildman–Crippen MR) is 332 cm³/mol. The molecular weight excluding hydrogens is 1320 g/mol. The molecule has 14 bridgehead atoms. The molecule has 0 spiro atoms. The molecule has 0 aromatic carbocycles. The van der Waals surface area contributed by atoms with Crippen molar-refractivity contribution in [3.8, 4) is 0 Å². The van der Waals surface area contributed by atoms with Crippen LogP contribution in [0.5, 0.6) is 0 Å². The maximum absolute atomic E-state index is 12.1. The highest BCUT2D eigenvalue weighted by atomic mass is 16.8. The molecule has 21 fully saturated rings. The third-order valence-corrected chi connectivity index (χ3v) is 18.2. The van der Waals surface area contributed by atoms with Crippen molar-refractivity contribution >= 4 is 0 Å². The Morgan fingerprint density at radius 1 is 0.173 bits per heavy atom. The van der Waals surface area contributed by atoms with Gasteiger partial charge in [0, 0.05) is 137 Å². The first kappa shape index (κ1) is 82.0. The number of rotatable bonds is 28. The summed E-state index contributed by atoms with van der Waals surface area (Å²) in [6, 6.07) is 0. The monoisotopic (exact) mass is 1430 g/mol. The summed E-state index contributed by atoms with van der Waals surface area (Å²) in [5.41, 5.74) is 40.8. The van der Waals surface area contributed by atoms with Gasteiger partial charge in [0.15, 0.2) is 44.0 Å². The van der Waals surface area contributed by atoms with Crippen LogP contribution in [0.3, 0.4) is 0 Å². The van der Waals surface area contributed by atoms with Gasteiger partial charge < -0.3 is 215 Å². The van der Waals surface area contributed by atoms with E-state index in [0.717, 1.165) is 0 Å². The van der Waals surface area contributed by atoms with Crippen molar-refractivity contribution in [2.75, 3.05) is 137 Å². The minimum atomic E-state index is -2.06. The Bertz CT molecular complexity index is 1840. The molecule has 0 unspecified atom stereocenters. The van der Waals surface area contributed by atoms with E-state index in [1.165, 1.54) is 0 Å². The fraction of sp³-hybridized carbons (Fsp3) is 1.00. The van der Waals surface area contributed by atoms with Crippen molar-refractivity contribution in [1.82, 2.24) is 37.2 Å². The topological polar surface area (TPSA) is 679 Å². The second-order valence-electron chi connectivity index (χ2n) is 25.3. The van der Waals surface area contributed by atoms with Gasteiger partial charge in [-0.3, -0.25) is 0 Å². The van der Waals surface area contributed by atoms with Crippen molar-refractivity contribution < 1.29 is 138 Å². The highest BCUT2D eigenvalue weighted by molar-refractivity contribution is 5.03. The molecule has 0 aromatic heterocycles. The lowest BCUT2D eigenvalue weighted by atomic mass is 9.94. The second-order valence-corrected chi connectivity index (χ2v) is 25.3. The fourth-order valence-corrected chi connectivity index (χ4v) is 13.0. The van der Waals surface area contributed by atoms with Crippen LogP contribution < -0.4 is 77.4 Å². The Labute approximate surface area is 566 Å². The zero-order valence-electron chi connectivity index (χ0n) is 54.6. The number of aliphatic hydroxyl groups excluding tert-OH is 14. The Morgan fingerprint density at radius 2 is 0.286 bits per heavy atom. The molecular formula is C56H112N14O28. The lowest BCUT2D eigenvalue weighted by Crippen LogP contribution is -2.69. The second kappa shape index (κ2) is 40.2. The van der Waals surface area contributed by atoms with E-state index in [-0.39, 0.29) is 137 Å². The third kappa shape index (κ3) is 20.3. The molecule has 42 nitrogen and oxygen atoms in total. The van der Waals surface area contributed by atoms with Crippen molar-refractivity contribution in [3.63, 3.8) is 0 Å². The zero-order chi connectivity index (χ0) is 70.9. The summed E-state index contributed by atoms with van der Waals surface area (Å²) < 4.78 is 88.1. The van der Waals surface area contributed by atoms with Crippen LogP contribution in [0.25, 0.3) is 0 Å². The molecule has 0 radical (unpaired) electrons. The van der Waals surface area contributed by atoms with Gasteiger partial charge in [0.2, 0.25) is 0 Å². The Hall–Kier alpha value is -1.68. The summed E-state index contributed by atoms with van der Waals surface area (Å²) in [5, 5.41) is 189. The van der Waals surface area contributed by atoms with E-state index in [9.17, 15) is 71.5 Å². The summed E-state index contributed by atoms with van der Waals surface area (Å²) in [4.78, 5) is 0. The molecule has 35 atom stereocenters. The number of ether oxygens (including phenoxy) is 14. The van der Waals surface area contributed by atoms with Crippen molar-refractivity contribution in [3.05, 3.63) is 0 Å². The van der Waals surface area contributed by atoms with Crippen molar-refractivity contribution in [1.29, 1.82) is 0 Å². The number of hydrogen-bond donors (Lipinski definition) is 28. The summed E-state index contributed by atoms with van der Waals surface area (Å²) in [6.07, 6.45) is -62.3. The van der Waals surface area contributed by atoms with Gasteiger partial charge in [0.1, 0.15) is 171 Å². The van der Waals surface area contributed by atoms with Gasteiger partial charge in [-0.15, -0.1) is 0 Å². The average Bonchev–Trinajstić information content (AvgIpc) is 0.779. The van der Waals surface area contributed by atoms with Gasteiger partial charge >= 0.3 is 0 Å². The molecule has 21 heterocycles. The first-order valence-corrected chi connectivity index (χ1v) is 33.7. The summed E-state index contributed by atoms with van der Waals surface area (Å²) >= 11 is 0. The smallest absolute Gasteiger partial charge is 0.187 e. The zero-order valence-corrected chi connectivity index (χ0v) is 54.6. The quantitative estimate of drug-likeness (QED) is 0.0324. The number of nitrogens with two attached hydrogens (primary N) is 7. The average molecular weight is 1430 g/mol.